The van der Waals surface area contributed by atoms with Gasteiger partial charge < -0.3 is 4.74 Å². The van der Waals surface area contributed by atoms with Crippen LogP contribution in [0.5, 0.6) is 11.8 Å². The van der Waals surface area contributed by atoms with Crippen LogP contribution < -0.4 is 9.46 Å². The van der Waals surface area contributed by atoms with E-state index in [9.17, 15) is 12.8 Å². The van der Waals surface area contributed by atoms with Gasteiger partial charge >= 0.3 is 6.01 Å². The zero-order valence-corrected chi connectivity index (χ0v) is 18.6. The maximum atomic E-state index is 13.8. The van der Waals surface area contributed by atoms with Gasteiger partial charge in [-0.05, 0) is 67.0 Å². The highest BCUT2D eigenvalue weighted by Crippen LogP contribution is 2.26. The zero-order chi connectivity index (χ0) is 21.2. The zero-order valence-electron chi connectivity index (χ0n) is 16.2. The van der Waals surface area contributed by atoms with E-state index in [-0.39, 0.29) is 9.37 Å². The summed E-state index contributed by atoms with van der Waals surface area (Å²) in [4.78, 5) is 4.14. The maximum absolute atomic E-state index is 13.8. The molecule has 154 valence electrons. The van der Waals surface area contributed by atoms with Gasteiger partial charge in [-0.15, -0.1) is 0 Å². The summed E-state index contributed by atoms with van der Waals surface area (Å²) in [6.07, 6.45) is 1.57. The first kappa shape index (κ1) is 21.5. The first-order valence-corrected chi connectivity index (χ1v) is 11.3. The Morgan fingerprint density at radius 2 is 1.93 bits per heavy atom. The van der Waals surface area contributed by atoms with Gasteiger partial charge in [-0.1, -0.05) is 17.7 Å². The molecule has 3 aromatic rings. The molecule has 6 nitrogen and oxygen atoms in total. The van der Waals surface area contributed by atoms with Crippen molar-refractivity contribution >= 4 is 26.0 Å². The predicted molar refractivity (Wildman–Crippen MR) is 112 cm³/mol. The average molecular weight is 482 g/mol. The van der Waals surface area contributed by atoms with Crippen molar-refractivity contribution in [3.8, 4) is 11.8 Å². The molecule has 2 aromatic carbocycles. The van der Waals surface area contributed by atoms with Crippen LogP contribution in [0.2, 0.25) is 0 Å². The fourth-order valence-corrected chi connectivity index (χ4v) is 4.31. The number of rotatable bonds is 7. The van der Waals surface area contributed by atoms with Crippen molar-refractivity contribution in [1.82, 2.24) is 14.3 Å². The number of hydrogen-bond donors (Lipinski definition) is 1. The van der Waals surface area contributed by atoms with Crippen molar-refractivity contribution in [3.63, 3.8) is 0 Å². The van der Waals surface area contributed by atoms with Crippen LogP contribution in [0, 0.1) is 12.7 Å². The minimum Gasteiger partial charge on any atom is -0.426 e. The molecule has 0 spiro atoms. The van der Waals surface area contributed by atoms with Crippen LogP contribution in [-0.4, -0.2) is 18.0 Å². The van der Waals surface area contributed by atoms with Gasteiger partial charge in [0.05, 0.1) is 27.3 Å². The topological polar surface area (TPSA) is 73.2 Å². The van der Waals surface area contributed by atoms with Crippen molar-refractivity contribution in [3.05, 3.63) is 70.2 Å². The number of sulfonamides is 1. The second kappa shape index (κ2) is 8.64. The molecule has 0 aliphatic rings. The lowest BCUT2D eigenvalue weighted by Crippen LogP contribution is -2.28. The van der Waals surface area contributed by atoms with Gasteiger partial charge in [0.1, 0.15) is 11.6 Å². The third-order valence-electron chi connectivity index (χ3n) is 4.37. The number of aryl methyl sites for hydroxylation is 1. The first-order valence-electron chi connectivity index (χ1n) is 8.98. The van der Waals surface area contributed by atoms with Crippen LogP contribution >= 0.6 is 15.9 Å². The molecule has 0 fully saturated rings. The summed E-state index contributed by atoms with van der Waals surface area (Å²) in [6.45, 7) is 6.14. The number of imidazole rings is 1. The highest BCUT2D eigenvalue weighted by Gasteiger charge is 2.23. The molecule has 0 aliphatic carbocycles. The van der Waals surface area contributed by atoms with E-state index in [1.54, 1.807) is 17.7 Å². The maximum Gasteiger partial charge on any atom is 0.302 e. The molecular formula is C20H21BrFN3O3S. The van der Waals surface area contributed by atoms with Crippen molar-refractivity contribution in [2.24, 2.45) is 0 Å². The molecule has 1 heterocycles. The summed E-state index contributed by atoms with van der Waals surface area (Å²) in [6, 6.07) is 11.0. The fraction of sp³-hybridized carbons (Fsp3) is 0.250. The van der Waals surface area contributed by atoms with Gasteiger partial charge in [0.25, 0.3) is 0 Å². The summed E-state index contributed by atoms with van der Waals surface area (Å²) in [5.41, 5.74) is 1.75. The summed E-state index contributed by atoms with van der Waals surface area (Å²) in [7, 11) is -3.92. The van der Waals surface area contributed by atoms with E-state index in [0.29, 0.717) is 24.0 Å². The second-order valence-corrected chi connectivity index (χ2v) is 9.11. The number of halogens is 2. The Bertz CT molecular complexity index is 1110. The normalized spacial score (nSPS) is 12.7. The van der Waals surface area contributed by atoms with E-state index in [4.69, 9.17) is 4.74 Å². The number of hydrogen-bond acceptors (Lipinski definition) is 4. The second-order valence-electron chi connectivity index (χ2n) is 6.54. The first-order chi connectivity index (χ1) is 13.7. The molecular weight excluding hydrogens is 461 g/mol. The smallest absolute Gasteiger partial charge is 0.302 e. The van der Waals surface area contributed by atoms with Gasteiger partial charge in [0.2, 0.25) is 10.0 Å². The Hall–Kier alpha value is -2.23. The minimum atomic E-state index is -3.92. The van der Waals surface area contributed by atoms with E-state index in [2.05, 4.69) is 25.6 Å². The van der Waals surface area contributed by atoms with Crippen LogP contribution in [0.15, 0.2) is 58.0 Å². The largest absolute Gasteiger partial charge is 0.426 e. The molecule has 9 heteroatoms. The van der Waals surface area contributed by atoms with E-state index in [0.717, 1.165) is 11.6 Å². The van der Waals surface area contributed by atoms with Crippen molar-refractivity contribution < 1.29 is 17.5 Å². The van der Waals surface area contributed by atoms with Gasteiger partial charge in [-0.3, -0.25) is 4.57 Å². The Labute approximate surface area is 177 Å². The lowest BCUT2D eigenvalue weighted by Gasteiger charge is -2.17. The van der Waals surface area contributed by atoms with Gasteiger partial charge in [-0.25, -0.2) is 22.5 Å². The van der Waals surface area contributed by atoms with Gasteiger partial charge in [0.15, 0.2) is 0 Å². The number of ether oxygens (including phenoxy) is 1. The molecule has 1 unspecified atom stereocenters. The molecule has 0 saturated heterocycles. The predicted octanol–water partition coefficient (Wildman–Crippen LogP) is 4.94. The molecule has 1 aromatic heterocycles. The molecule has 0 radical (unpaired) electrons. The highest BCUT2D eigenvalue weighted by atomic mass is 79.9. The van der Waals surface area contributed by atoms with Gasteiger partial charge in [-0.2, -0.15) is 0 Å². The Balaban J connectivity index is 1.83. The number of aromatic nitrogens is 2. The van der Waals surface area contributed by atoms with Gasteiger partial charge in [0, 0.05) is 6.54 Å². The Morgan fingerprint density at radius 1 is 1.24 bits per heavy atom. The average Bonchev–Trinajstić information content (AvgIpc) is 3.08. The molecule has 3 rings (SSSR count). The summed E-state index contributed by atoms with van der Waals surface area (Å²) in [5, 5.41) is 0. The molecule has 0 saturated carbocycles. The SMILES string of the molecule is CCn1c(C(C)NS(=O)(=O)c2ccc(Br)c(F)c2)cnc1Oc1ccc(C)cc1. The molecule has 0 amide bonds. The monoisotopic (exact) mass is 481 g/mol. The fourth-order valence-electron chi connectivity index (χ4n) is 2.83. The lowest BCUT2D eigenvalue weighted by atomic mass is 10.2. The van der Waals surface area contributed by atoms with Crippen LogP contribution in [0.25, 0.3) is 0 Å². The third-order valence-corrected chi connectivity index (χ3v) is 6.55. The standard InChI is InChI=1S/C20H21BrFN3O3S/c1-4-25-19(12-23-20(25)28-15-7-5-13(2)6-8-15)14(3)24-29(26,27)16-9-10-17(21)18(22)11-16/h5-12,14,24H,4H2,1-3H3. The number of nitrogens with one attached hydrogen (secondary N) is 1. The quantitative estimate of drug-likeness (QED) is 0.518. The molecule has 1 N–H and O–H groups in total. The molecule has 29 heavy (non-hydrogen) atoms. The van der Waals surface area contributed by atoms with Crippen LogP contribution in [0.4, 0.5) is 4.39 Å². The van der Waals surface area contributed by atoms with E-state index in [1.165, 1.54) is 12.1 Å². The summed E-state index contributed by atoms with van der Waals surface area (Å²) in [5.74, 6) is -0.00562. The highest BCUT2D eigenvalue weighted by molar-refractivity contribution is 9.10. The van der Waals surface area contributed by atoms with Crippen molar-refractivity contribution in [2.75, 3.05) is 0 Å². The number of nitrogens with zero attached hydrogens (tertiary/aromatic N) is 2. The summed E-state index contributed by atoms with van der Waals surface area (Å²) < 4.78 is 49.5. The third kappa shape index (κ3) is 4.85. The van der Waals surface area contributed by atoms with Crippen LogP contribution in [0.3, 0.4) is 0 Å². The van der Waals surface area contributed by atoms with E-state index >= 15 is 0 Å². The van der Waals surface area contributed by atoms with Crippen molar-refractivity contribution in [1.29, 1.82) is 0 Å². The molecule has 0 bridgehead atoms. The molecule has 1 atom stereocenters. The van der Waals surface area contributed by atoms with E-state index in [1.807, 2.05) is 38.1 Å². The van der Waals surface area contributed by atoms with Crippen LogP contribution in [-0.2, 0) is 16.6 Å². The Morgan fingerprint density at radius 3 is 2.55 bits per heavy atom. The Kier molecular flexibility index (Phi) is 6.40. The van der Waals surface area contributed by atoms with Crippen molar-refractivity contribution in [2.45, 2.75) is 38.3 Å². The van der Waals surface area contributed by atoms with E-state index < -0.39 is 21.9 Å². The van der Waals surface area contributed by atoms with Crippen LogP contribution in [0.1, 0.15) is 31.1 Å². The lowest BCUT2D eigenvalue weighted by molar-refractivity contribution is 0.408. The molecule has 0 aliphatic heterocycles. The summed E-state index contributed by atoms with van der Waals surface area (Å²) >= 11 is 3.02. The minimum absolute atomic E-state index is 0.149. The number of benzene rings is 2.